The van der Waals surface area contributed by atoms with Crippen molar-refractivity contribution in [1.29, 1.82) is 0 Å². The Kier molecular flexibility index (Phi) is 4.06. The molecule has 1 aromatic rings. The van der Waals surface area contributed by atoms with Gasteiger partial charge >= 0.3 is 5.97 Å². The second-order valence-corrected chi connectivity index (χ2v) is 7.01. The van der Waals surface area contributed by atoms with Gasteiger partial charge in [-0.25, -0.2) is 17.9 Å². The lowest BCUT2D eigenvalue weighted by Crippen LogP contribution is -2.46. The molecular formula is C12H14ClNO5S. The van der Waals surface area contributed by atoms with Crippen LogP contribution in [0.25, 0.3) is 0 Å². The van der Waals surface area contributed by atoms with Crippen molar-refractivity contribution in [2.24, 2.45) is 0 Å². The van der Waals surface area contributed by atoms with E-state index in [2.05, 4.69) is 4.72 Å². The fraction of sp³-hybridized carbons (Fsp3) is 0.417. The Hall–Kier alpha value is -1.15. The van der Waals surface area contributed by atoms with Crippen molar-refractivity contribution in [3.05, 3.63) is 28.8 Å². The molecule has 0 bridgehead atoms. The number of hydrogen-bond acceptors (Lipinski definition) is 4. The number of rotatable bonds is 4. The van der Waals surface area contributed by atoms with Crippen LogP contribution in [-0.2, 0) is 14.8 Å². The topological polar surface area (TPSA) is 92.7 Å². The van der Waals surface area contributed by atoms with Crippen LogP contribution in [0.5, 0.6) is 0 Å². The summed E-state index contributed by atoms with van der Waals surface area (Å²) < 4.78 is 32.3. The number of aromatic carboxylic acids is 1. The second kappa shape index (κ2) is 5.33. The molecule has 1 aromatic carbocycles. The van der Waals surface area contributed by atoms with Crippen LogP contribution in [-0.4, -0.2) is 38.2 Å². The predicted octanol–water partition coefficient (Wildman–Crippen LogP) is 1.50. The van der Waals surface area contributed by atoms with Crippen molar-refractivity contribution in [3.63, 3.8) is 0 Å². The monoisotopic (exact) mass is 319 g/mol. The molecule has 1 fully saturated rings. The van der Waals surface area contributed by atoms with E-state index in [0.717, 1.165) is 6.07 Å². The molecule has 0 radical (unpaired) electrons. The molecule has 1 aliphatic rings. The van der Waals surface area contributed by atoms with Crippen molar-refractivity contribution >= 4 is 27.6 Å². The summed E-state index contributed by atoms with van der Waals surface area (Å²) in [6.45, 7) is 2.55. The van der Waals surface area contributed by atoms with Gasteiger partial charge in [0.05, 0.1) is 27.6 Å². The summed E-state index contributed by atoms with van der Waals surface area (Å²) in [5.74, 6) is -1.21. The molecule has 2 rings (SSSR count). The Balaban J connectivity index is 2.30. The van der Waals surface area contributed by atoms with E-state index in [-0.39, 0.29) is 15.5 Å². The lowest BCUT2D eigenvalue weighted by Gasteiger charge is -2.23. The maximum Gasteiger partial charge on any atom is 0.337 e. The molecule has 1 heterocycles. The molecule has 0 amide bonds. The van der Waals surface area contributed by atoms with Crippen LogP contribution in [0.4, 0.5) is 0 Å². The molecule has 1 atom stereocenters. The average molecular weight is 320 g/mol. The van der Waals surface area contributed by atoms with Crippen molar-refractivity contribution in [2.45, 2.75) is 23.8 Å². The first-order chi connectivity index (χ1) is 9.23. The number of nitrogens with one attached hydrogen (secondary N) is 1. The minimum Gasteiger partial charge on any atom is -0.478 e. The first kappa shape index (κ1) is 15.2. The van der Waals surface area contributed by atoms with E-state index in [4.69, 9.17) is 21.4 Å². The Morgan fingerprint density at radius 2 is 2.20 bits per heavy atom. The molecule has 20 heavy (non-hydrogen) atoms. The first-order valence-corrected chi connectivity index (χ1v) is 7.74. The quantitative estimate of drug-likeness (QED) is 0.877. The molecule has 0 spiro atoms. The number of benzene rings is 1. The van der Waals surface area contributed by atoms with E-state index >= 15 is 0 Å². The number of carboxylic acid groups (broad SMARTS) is 1. The Morgan fingerprint density at radius 1 is 1.50 bits per heavy atom. The molecule has 1 saturated heterocycles. The lowest BCUT2D eigenvalue weighted by molar-refractivity contribution is 0.0697. The van der Waals surface area contributed by atoms with Crippen LogP contribution in [0, 0.1) is 0 Å². The van der Waals surface area contributed by atoms with Crippen LogP contribution in [0.1, 0.15) is 23.7 Å². The third-order valence-corrected chi connectivity index (χ3v) is 5.03. The van der Waals surface area contributed by atoms with Crippen LogP contribution < -0.4 is 4.72 Å². The molecule has 0 saturated carbocycles. The van der Waals surface area contributed by atoms with Gasteiger partial charge in [-0.15, -0.1) is 0 Å². The molecule has 1 aliphatic heterocycles. The van der Waals surface area contributed by atoms with Crippen molar-refractivity contribution in [1.82, 2.24) is 4.72 Å². The van der Waals surface area contributed by atoms with E-state index in [0.29, 0.717) is 19.6 Å². The number of carbonyl (C=O) groups is 1. The van der Waals surface area contributed by atoms with Crippen LogP contribution in [0.2, 0.25) is 5.02 Å². The zero-order valence-corrected chi connectivity index (χ0v) is 12.3. The fourth-order valence-corrected chi connectivity index (χ4v) is 3.74. The Bertz CT molecular complexity index is 637. The van der Waals surface area contributed by atoms with Gasteiger partial charge in [0.2, 0.25) is 10.0 Å². The fourth-order valence-electron chi connectivity index (χ4n) is 1.97. The van der Waals surface area contributed by atoms with E-state index in [1.807, 2.05) is 0 Å². The summed E-state index contributed by atoms with van der Waals surface area (Å²) in [4.78, 5) is 10.8. The number of halogens is 1. The lowest BCUT2D eigenvalue weighted by atomic mass is 10.0. The molecule has 1 unspecified atom stereocenters. The summed E-state index contributed by atoms with van der Waals surface area (Å²) in [6, 6.07) is 3.52. The van der Waals surface area contributed by atoms with E-state index in [1.54, 1.807) is 6.92 Å². The molecule has 0 aromatic heterocycles. The first-order valence-electron chi connectivity index (χ1n) is 5.88. The van der Waals surface area contributed by atoms with E-state index in [9.17, 15) is 13.2 Å². The number of carboxylic acids is 1. The molecule has 110 valence electrons. The molecule has 8 heteroatoms. The van der Waals surface area contributed by atoms with Gasteiger partial charge in [-0.05, 0) is 31.5 Å². The average Bonchev–Trinajstić information content (AvgIpc) is 2.74. The summed E-state index contributed by atoms with van der Waals surface area (Å²) in [5.41, 5.74) is -0.794. The largest absolute Gasteiger partial charge is 0.478 e. The maximum atomic E-state index is 12.3. The number of hydrogen-bond donors (Lipinski definition) is 2. The predicted molar refractivity (Wildman–Crippen MR) is 72.6 cm³/mol. The van der Waals surface area contributed by atoms with Gasteiger partial charge in [0.15, 0.2) is 0 Å². The van der Waals surface area contributed by atoms with Gasteiger partial charge in [0.25, 0.3) is 0 Å². The molecule has 0 aliphatic carbocycles. The third-order valence-electron chi connectivity index (χ3n) is 3.08. The highest BCUT2D eigenvalue weighted by Gasteiger charge is 2.34. The Labute approximate surface area is 121 Å². The van der Waals surface area contributed by atoms with Crippen LogP contribution in [0.3, 0.4) is 0 Å². The summed E-state index contributed by atoms with van der Waals surface area (Å²) in [6.07, 6.45) is 0.577. The zero-order chi connectivity index (χ0) is 15.0. The van der Waals surface area contributed by atoms with E-state index in [1.165, 1.54) is 12.1 Å². The summed E-state index contributed by atoms with van der Waals surface area (Å²) >= 11 is 5.78. The van der Waals surface area contributed by atoms with Gasteiger partial charge in [-0.2, -0.15) is 0 Å². The summed E-state index contributed by atoms with van der Waals surface area (Å²) in [5, 5.41) is 8.75. The highest BCUT2D eigenvalue weighted by molar-refractivity contribution is 7.89. The smallest absolute Gasteiger partial charge is 0.337 e. The number of sulfonamides is 1. The Morgan fingerprint density at radius 3 is 2.70 bits per heavy atom. The number of ether oxygens (including phenoxy) is 1. The van der Waals surface area contributed by atoms with Gasteiger partial charge in [-0.1, -0.05) is 11.6 Å². The van der Waals surface area contributed by atoms with Gasteiger partial charge in [0, 0.05) is 6.61 Å². The minimum atomic E-state index is -3.77. The maximum absolute atomic E-state index is 12.3. The highest BCUT2D eigenvalue weighted by atomic mass is 35.5. The van der Waals surface area contributed by atoms with Crippen molar-refractivity contribution in [3.8, 4) is 0 Å². The zero-order valence-electron chi connectivity index (χ0n) is 10.7. The molecular weight excluding hydrogens is 306 g/mol. The van der Waals surface area contributed by atoms with E-state index < -0.39 is 21.5 Å². The highest BCUT2D eigenvalue weighted by Crippen LogP contribution is 2.24. The van der Waals surface area contributed by atoms with Crippen LogP contribution >= 0.6 is 11.6 Å². The second-order valence-electron chi connectivity index (χ2n) is 4.92. The minimum absolute atomic E-state index is 0.0689. The molecule has 6 nitrogen and oxygen atoms in total. The SMILES string of the molecule is CC1(NS(=O)(=O)c2ccc(C(=O)O)c(Cl)c2)CCOC1. The van der Waals surface area contributed by atoms with Gasteiger partial charge in [-0.3, -0.25) is 0 Å². The normalized spacial score (nSPS) is 22.9. The third kappa shape index (κ3) is 3.12. The van der Waals surface area contributed by atoms with Gasteiger partial charge in [0.1, 0.15) is 0 Å². The molecule has 2 N–H and O–H groups in total. The van der Waals surface area contributed by atoms with Crippen molar-refractivity contribution < 1.29 is 23.1 Å². The van der Waals surface area contributed by atoms with Gasteiger partial charge < -0.3 is 9.84 Å². The summed E-state index contributed by atoms with van der Waals surface area (Å²) in [7, 11) is -3.77. The van der Waals surface area contributed by atoms with Crippen LogP contribution in [0.15, 0.2) is 23.1 Å². The van der Waals surface area contributed by atoms with Crippen molar-refractivity contribution in [2.75, 3.05) is 13.2 Å². The standard InChI is InChI=1S/C12H14ClNO5S/c1-12(4-5-19-7-12)14-20(17,18)8-2-3-9(11(15)16)10(13)6-8/h2-3,6,14H,4-5,7H2,1H3,(H,15,16).